The van der Waals surface area contributed by atoms with Crippen LogP contribution in [0.25, 0.3) is 0 Å². The van der Waals surface area contributed by atoms with Crippen molar-refractivity contribution in [3.63, 3.8) is 0 Å². The second kappa shape index (κ2) is 9.48. The number of carbonyl (C=O) groups is 1. The van der Waals surface area contributed by atoms with E-state index in [9.17, 15) is 4.79 Å². The van der Waals surface area contributed by atoms with E-state index >= 15 is 0 Å². The van der Waals surface area contributed by atoms with Crippen molar-refractivity contribution < 1.29 is 9.53 Å². The zero-order chi connectivity index (χ0) is 15.0. The van der Waals surface area contributed by atoms with Crippen molar-refractivity contribution in [3.05, 3.63) is 0 Å². The minimum absolute atomic E-state index is 0.119. The molecule has 1 heterocycles. The van der Waals surface area contributed by atoms with Crippen LogP contribution in [0.1, 0.15) is 47.0 Å². The fraction of sp³-hybridized carbons (Fsp3) is 0.938. The normalized spacial score (nSPS) is 19.4. The standard InChI is InChI=1S/C16H32N2O2/c1-5-14(4)18-9-6-15(7-10-18)20-11-8-17-12-16(19)13(2)3/h13-15,17H,5-12H2,1-4H3. The van der Waals surface area contributed by atoms with Crippen molar-refractivity contribution in [3.8, 4) is 0 Å². The predicted molar refractivity (Wildman–Crippen MR) is 83.0 cm³/mol. The van der Waals surface area contributed by atoms with Gasteiger partial charge in [0.05, 0.1) is 19.3 Å². The number of piperidine rings is 1. The SMILES string of the molecule is CCC(C)N1CCC(OCCNCC(=O)C(C)C)CC1. The second-order valence-electron chi connectivity index (χ2n) is 6.16. The Morgan fingerprint density at radius 3 is 2.50 bits per heavy atom. The summed E-state index contributed by atoms with van der Waals surface area (Å²) in [5, 5.41) is 3.16. The van der Waals surface area contributed by atoms with E-state index < -0.39 is 0 Å². The topological polar surface area (TPSA) is 41.6 Å². The highest BCUT2D eigenvalue weighted by atomic mass is 16.5. The van der Waals surface area contributed by atoms with E-state index in [-0.39, 0.29) is 11.7 Å². The van der Waals surface area contributed by atoms with E-state index in [0.29, 0.717) is 25.3 Å². The van der Waals surface area contributed by atoms with Gasteiger partial charge in [-0.2, -0.15) is 0 Å². The van der Waals surface area contributed by atoms with Crippen molar-refractivity contribution in [2.45, 2.75) is 59.1 Å². The maximum absolute atomic E-state index is 11.4. The van der Waals surface area contributed by atoms with Gasteiger partial charge in [0.2, 0.25) is 0 Å². The number of nitrogens with zero attached hydrogens (tertiary/aromatic N) is 1. The van der Waals surface area contributed by atoms with Gasteiger partial charge in [-0.1, -0.05) is 20.8 Å². The fourth-order valence-electron chi connectivity index (χ4n) is 2.45. The highest BCUT2D eigenvalue weighted by Gasteiger charge is 2.21. The van der Waals surface area contributed by atoms with Crippen LogP contribution in [0.3, 0.4) is 0 Å². The predicted octanol–water partition coefficient (Wildman–Crippen LogP) is 2.08. The molecule has 0 aromatic rings. The molecule has 0 bridgehead atoms. The first-order valence-electron chi connectivity index (χ1n) is 8.13. The Hall–Kier alpha value is -0.450. The molecule has 0 aromatic heterocycles. The summed E-state index contributed by atoms with van der Waals surface area (Å²) >= 11 is 0. The number of rotatable bonds is 9. The summed E-state index contributed by atoms with van der Waals surface area (Å²) in [5.74, 6) is 0.389. The lowest BCUT2D eigenvalue weighted by Gasteiger charge is -2.35. The average molecular weight is 284 g/mol. The molecule has 4 nitrogen and oxygen atoms in total. The summed E-state index contributed by atoms with van der Waals surface area (Å²) in [7, 11) is 0. The van der Waals surface area contributed by atoms with E-state index in [0.717, 1.165) is 32.5 Å². The van der Waals surface area contributed by atoms with Crippen LogP contribution in [0.2, 0.25) is 0 Å². The first kappa shape index (κ1) is 17.6. The molecule has 0 aliphatic carbocycles. The smallest absolute Gasteiger partial charge is 0.149 e. The molecule has 1 aliphatic heterocycles. The van der Waals surface area contributed by atoms with Crippen LogP contribution in [-0.2, 0) is 9.53 Å². The highest BCUT2D eigenvalue weighted by molar-refractivity contribution is 5.82. The molecular formula is C16H32N2O2. The number of carbonyl (C=O) groups excluding carboxylic acids is 1. The molecular weight excluding hydrogens is 252 g/mol. The number of hydrogen-bond donors (Lipinski definition) is 1. The van der Waals surface area contributed by atoms with Crippen LogP contribution in [0.15, 0.2) is 0 Å². The molecule has 1 unspecified atom stereocenters. The van der Waals surface area contributed by atoms with Crippen molar-refractivity contribution in [2.24, 2.45) is 5.92 Å². The summed E-state index contributed by atoms with van der Waals surface area (Å²) < 4.78 is 5.89. The van der Waals surface area contributed by atoms with Crippen molar-refractivity contribution in [1.29, 1.82) is 0 Å². The third-order valence-electron chi connectivity index (χ3n) is 4.27. The van der Waals surface area contributed by atoms with Crippen molar-refractivity contribution >= 4 is 5.78 Å². The van der Waals surface area contributed by atoms with Crippen LogP contribution in [0.4, 0.5) is 0 Å². The maximum Gasteiger partial charge on any atom is 0.149 e. The molecule has 0 saturated carbocycles. The molecule has 1 aliphatic rings. The molecule has 1 saturated heterocycles. The maximum atomic E-state index is 11.4. The van der Waals surface area contributed by atoms with E-state index in [2.05, 4.69) is 24.1 Å². The van der Waals surface area contributed by atoms with Crippen LogP contribution in [-0.4, -0.2) is 55.6 Å². The molecule has 1 fully saturated rings. The van der Waals surface area contributed by atoms with Crippen LogP contribution >= 0.6 is 0 Å². The summed E-state index contributed by atoms with van der Waals surface area (Å²) in [4.78, 5) is 14.0. The summed E-state index contributed by atoms with van der Waals surface area (Å²) in [5.41, 5.74) is 0. The van der Waals surface area contributed by atoms with Crippen molar-refractivity contribution in [2.75, 3.05) is 32.8 Å². The molecule has 4 heteroatoms. The quantitative estimate of drug-likeness (QED) is 0.658. The molecule has 1 N–H and O–H groups in total. The Labute approximate surface area is 124 Å². The lowest BCUT2D eigenvalue weighted by Crippen LogP contribution is -2.42. The van der Waals surface area contributed by atoms with Crippen LogP contribution in [0, 0.1) is 5.92 Å². The molecule has 0 amide bonds. The Kier molecular flexibility index (Phi) is 8.34. The Morgan fingerprint density at radius 1 is 1.30 bits per heavy atom. The van der Waals surface area contributed by atoms with E-state index in [1.807, 2.05) is 13.8 Å². The van der Waals surface area contributed by atoms with Gasteiger partial charge in [0.1, 0.15) is 5.78 Å². The highest BCUT2D eigenvalue weighted by Crippen LogP contribution is 2.16. The molecule has 20 heavy (non-hydrogen) atoms. The van der Waals surface area contributed by atoms with Gasteiger partial charge in [0.25, 0.3) is 0 Å². The van der Waals surface area contributed by atoms with Gasteiger partial charge in [-0.3, -0.25) is 4.79 Å². The number of likely N-dealkylation sites (tertiary alicyclic amines) is 1. The van der Waals surface area contributed by atoms with Gasteiger partial charge in [-0.25, -0.2) is 0 Å². The van der Waals surface area contributed by atoms with Gasteiger partial charge in [0.15, 0.2) is 0 Å². The van der Waals surface area contributed by atoms with E-state index in [1.54, 1.807) is 0 Å². The van der Waals surface area contributed by atoms with Crippen LogP contribution in [0.5, 0.6) is 0 Å². The Morgan fingerprint density at radius 2 is 1.95 bits per heavy atom. The first-order chi connectivity index (χ1) is 9.54. The largest absolute Gasteiger partial charge is 0.377 e. The average Bonchev–Trinajstić information content (AvgIpc) is 2.46. The number of hydrogen-bond acceptors (Lipinski definition) is 4. The minimum Gasteiger partial charge on any atom is -0.377 e. The van der Waals surface area contributed by atoms with Crippen LogP contribution < -0.4 is 5.32 Å². The number of ketones is 1. The Bertz CT molecular complexity index is 274. The first-order valence-corrected chi connectivity index (χ1v) is 8.13. The molecule has 0 radical (unpaired) electrons. The van der Waals surface area contributed by atoms with Gasteiger partial charge in [-0.05, 0) is 26.2 Å². The number of Topliss-reactive ketones (excluding diaryl/α,β-unsaturated/α-hetero) is 1. The Balaban J connectivity index is 2.03. The fourth-order valence-corrected chi connectivity index (χ4v) is 2.45. The molecule has 1 rings (SSSR count). The third kappa shape index (κ3) is 6.33. The minimum atomic E-state index is 0.119. The molecule has 0 spiro atoms. The number of nitrogens with one attached hydrogen (secondary N) is 1. The summed E-state index contributed by atoms with van der Waals surface area (Å²) in [6.45, 7) is 12.7. The van der Waals surface area contributed by atoms with Gasteiger partial charge >= 0.3 is 0 Å². The van der Waals surface area contributed by atoms with Gasteiger partial charge in [0, 0.05) is 31.6 Å². The second-order valence-corrected chi connectivity index (χ2v) is 6.16. The summed E-state index contributed by atoms with van der Waals surface area (Å²) in [6, 6.07) is 0.694. The zero-order valence-electron chi connectivity index (χ0n) is 13.7. The lowest BCUT2D eigenvalue weighted by atomic mass is 10.1. The van der Waals surface area contributed by atoms with Gasteiger partial charge in [-0.15, -0.1) is 0 Å². The molecule has 118 valence electrons. The zero-order valence-corrected chi connectivity index (χ0v) is 13.7. The van der Waals surface area contributed by atoms with E-state index in [4.69, 9.17) is 4.74 Å². The monoisotopic (exact) mass is 284 g/mol. The van der Waals surface area contributed by atoms with E-state index in [1.165, 1.54) is 6.42 Å². The molecule has 1 atom stereocenters. The molecule has 0 aromatic carbocycles. The summed E-state index contributed by atoms with van der Waals surface area (Å²) in [6.07, 6.45) is 3.89. The lowest BCUT2D eigenvalue weighted by molar-refractivity contribution is -0.121. The van der Waals surface area contributed by atoms with Gasteiger partial charge < -0.3 is 15.0 Å². The van der Waals surface area contributed by atoms with Crippen molar-refractivity contribution in [1.82, 2.24) is 10.2 Å². The number of ether oxygens (including phenoxy) is 1. The third-order valence-corrected chi connectivity index (χ3v) is 4.27.